The minimum atomic E-state index is -4.06. The number of amides is 1. The number of hydrogen-bond donors (Lipinski definition) is 2. The number of nitrogens with one attached hydrogen (secondary N) is 1. The Hall–Kier alpha value is -2.71. The van der Waals surface area contributed by atoms with Gasteiger partial charge in [0.2, 0.25) is 15.9 Å². The predicted molar refractivity (Wildman–Crippen MR) is 104 cm³/mol. The van der Waals surface area contributed by atoms with Gasteiger partial charge in [-0.1, -0.05) is 60.7 Å². The van der Waals surface area contributed by atoms with Crippen molar-refractivity contribution in [1.82, 2.24) is 9.62 Å². The first-order valence-electron chi connectivity index (χ1n) is 8.96. The third-order valence-electron chi connectivity index (χ3n) is 4.87. The summed E-state index contributed by atoms with van der Waals surface area (Å²) in [5.74, 6) is -1.87. The lowest BCUT2D eigenvalue weighted by atomic mass is 10.1. The quantitative estimate of drug-likeness (QED) is 0.683. The van der Waals surface area contributed by atoms with Gasteiger partial charge in [0.1, 0.15) is 6.04 Å². The molecule has 1 amide bonds. The van der Waals surface area contributed by atoms with Crippen LogP contribution in [0.3, 0.4) is 0 Å². The highest BCUT2D eigenvalue weighted by Crippen LogP contribution is 2.44. The maximum atomic E-state index is 12.8. The van der Waals surface area contributed by atoms with Gasteiger partial charge in [0.05, 0.1) is 6.04 Å². The van der Waals surface area contributed by atoms with Gasteiger partial charge in [-0.05, 0) is 24.5 Å². The van der Waals surface area contributed by atoms with E-state index in [1.54, 1.807) is 30.3 Å². The number of rotatable bonds is 7. The summed E-state index contributed by atoms with van der Waals surface area (Å²) in [5.41, 5.74) is 1.62. The predicted octanol–water partition coefficient (Wildman–Crippen LogP) is 1.57. The van der Waals surface area contributed by atoms with Gasteiger partial charge >= 0.3 is 5.97 Å². The molecule has 0 spiro atoms. The van der Waals surface area contributed by atoms with Crippen molar-refractivity contribution in [3.63, 3.8) is 0 Å². The number of aliphatic carboxylic acids is 1. The van der Waals surface area contributed by atoms with Gasteiger partial charge in [0.15, 0.2) is 5.25 Å². The molecule has 1 saturated heterocycles. The maximum Gasteiger partial charge on any atom is 0.321 e. The molecule has 0 unspecified atom stereocenters. The van der Waals surface area contributed by atoms with Crippen molar-refractivity contribution in [2.75, 3.05) is 6.54 Å². The van der Waals surface area contributed by atoms with Crippen LogP contribution in [0.5, 0.6) is 0 Å². The summed E-state index contributed by atoms with van der Waals surface area (Å²) in [6.45, 7) is 1.60. The fourth-order valence-corrected chi connectivity index (χ4v) is 5.55. The highest BCUT2D eigenvalue weighted by Gasteiger charge is 2.60. The third kappa shape index (κ3) is 3.79. The lowest BCUT2D eigenvalue weighted by molar-refractivity contribution is -0.142. The second-order valence-corrected chi connectivity index (χ2v) is 8.65. The monoisotopic (exact) mass is 403 g/mol. The Morgan fingerprint density at radius 3 is 2.21 bits per heavy atom. The number of sulfonamides is 1. The molecule has 0 saturated carbocycles. The average Bonchev–Trinajstić information content (AvgIpc) is 2.67. The largest absolute Gasteiger partial charge is 0.480 e. The van der Waals surface area contributed by atoms with Crippen molar-refractivity contribution in [2.45, 2.75) is 30.7 Å². The van der Waals surface area contributed by atoms with E-state index in [1.807, 2.05) is 30.3 Å². The van der Waals surface area contributed by atoms with Crippen molar-refractivity contribution >= 4 is 21.9 Å². The summed E-state index contributed by atoms with van der Waals surface area (Å²) in [6, 6.07) is 16.1. The Morgan fingerprint density at radius 1 is 1.07 bits per heavy atom. The van der Waals surface area contributed by atoms with E-state index in [1.165, 1.54) is 6.92 Å². The van der Waals surface area contributed by atoms with E-state index in [4.69, 9.17) is 0 Å². The van der Waals surface area contributed by atoms with E-state index in [2.05, 4.69) is 5.32 Å². The summed E-state index contributed by atoms with van der Waals surface area (Å²) < 4.78 is 26.4. The molecule has 1 aliphatic heterocycles. The van der Waals surface area contributed by atoms with Crippen LogP contribution >= 0.6 is 0 Å². The first-order chi connectivity index (χ1) is 13.3. The van der Waals surface area contributed by atoms with Crippen molar-refractivity contribution in [2.24, 2.45) is 0 Å². The number of carbonyl (C=O) groups is 2. The number of hydrogen-bond acceptors (Lipinski definition) is 4. The smallest absolute Gasteiger partial charge is 0.321 e. The fourth-order valence-electron chi connectivity index (χ4n) is 3.42. The summed E-state index contributed by atoms with van der Waals surface area (Å²) in [5, 5.41) is 10.6. The standard InChI is InChI=1S/C20H22N2O5S/c1-14(20(24)25)22-17(16-10-6-3-7-11-16)18(28(22,26)27)19(23)21-13-12-15-8-4-2-5-9-15/h2-11,14,17-18H,12-13H2,1H3,(H,21,23)(H,24,25)/t14-,17-,18+/m0/s1/i17+1. The van der Waals surface area contributed by atoms with E-state index in [-0.39, 0.29) is 0 Å². The van der Waals surface area contributed by atoms with Gasteiger partial charge in [-0.2, -0.15) is 4.31 Å². The number of benzene rings is 2. The van der Waals surface area contributed by atoms with E-state index in [0.717, 1.165) is 9.87 Å². The number of nitrogens with zero attached hydrogens (tertiary/aromatic N) is 1. The van der Waals surface area contributed by atoms with Gasteiger partial charge in [-0.3, -0.25) is 9.59 Å². The van der Waals surface area contributed by atoms with Gasteiger partial charge in [0, 0.05) is 6.54 Å². The summed E-state index contributed by atoms with van der Waals surface area (Å²) in [4.78, 5) is 24.1. The van der Waals surface area contributed by atoms with Crippen LogP contribution in [0.4, 0.5) is 0 Å². The molecule has 1 heterocycles. The second kappa shape index (κ2) is 8.12. The zero-order chi connectivity index (χ0) is 20.3. The molecule has 28 heavy (non-hydrogen) atoms. The molecule has 7 nitrogen and oxygen atoms in total. The van der Waals surface area contributed by atoms with Gasteiger partial charge in [-0.15, -0.1) is 0 Å². The topological polar surface area (TPSA) is 104 Å². The Balaban J connectivity index is 1.79. The van der Waals surface area contributed by atoms with Crippen LogP contribution in [0.25, 0.3) is 0 Å². The number of carbonyl (C=O) groups excluding carboxylic acids is 1. The molecule has 2 N–H and O–H groups in total. The first kappa shape index (κ1) is 20.0. The zero-order valence-electron chi connectivity index (χ0n) is 15.4. The Kier molecular flexibility index (Phi) is 5.81. The van der Waals surface area contributed by atoms with Crippen LogP contribution in [0.1, 0.15) is 24.1 Å². The summed E-state index contributed by atoms with van der Waals surface area (Å²) >= 11 is 0. The molecular weight excluding hydrogens is 381 g/mol. The molecule has 1 fully saturated rings. The normalized spacial score (nSPS) is 22.0. The molecule has 3 rings (SSSR count). The lowest BCUT2D eigenvalue weighted by Crippen LogP contribution is -2.67. The molecule has 2 aromatic carbocycles. The fraction of sp³-hybridized carbons (Fsp3) is 0.300. The minimum Gasteiger partial charge on any atom is -0.480 e. The lowest BCUT2D eigenvalue weighted by Gasteiger charge is -2.47. The number of carboxylic acids is 1. The van der Waals surface area contributed by atoms with Gasteiger partial charge < -0.3 is 10.4 Å². The van der Waals surface area contributed by atoms with E-state index in [0.29, 0.717) is 18.5 Å². The minimum absolute atomic E-state index is 0.296. The molecule has 3 atom stereocenters. The SMILES string of the molecule is C[C@@H](C(=O)O)N1[13C@@H](c2ccccc2)[C@H](C(=O)NCCc2ccccc2)S1(=O)=O. The van der Waals surface area contributed by atoms with E-state index < -0.39 is 39.2 Å². The highest BCUT2D eigenvalue weighted by atomic mass is 32.2. The van der Waals surface area contributed by atoms with Crippen LogP contribution in [-0.4, -0.2) is 47.5 Å². The van der Waals surface area contributed by atoms with Crippen LogP contribution < -0.4 is 5.32 Å². The molecule has 2 aromatic rings. The maximum absolute atomic E-state index is 12.8. The van der Waals surface area contributed by atoms with Gasteiger partial charge in [-0.25, -0.2) is 8.42 Å². The van der Waals surface area contributed by atoms with Crippen molar-refractivity contribution in [3.05, 3.63) is 71.8 Å². The highest BCUT2D eigenvalue weighted by molar-refractivity contribution is 7.92. The number of carboxylic acid groups (broad SMARTS) is 1. The molecule has 0 aromatic heterocycles. The average molecular weight is 403 g/mol. The van der Waals surface area contributed by atoms with Crippen LogP contribution in [-0.2, 0) is 26.0 Å². The molecule has 1 aliphatic rings. The van der Waals surface area contributed by atoms with E-state index >= 15 is 0 Å². The van der Waals surface area contributed by atoms with Crippen molar-refractivity contribution < 1.29 is 23.1 Å². The molecular formula is C20H22N2O5S. The van der Waals surface area contributed by atoms with Crippen LogP contribution in [0.15, 0.2) is 60.7 Å². The molecule has 0 radical (unpaired) electrons. The first-order valence-corrected chi connectivity index (χ1v) is 10.5. The third-order valence-corrected chi connectivity index (χ3v) is 7.11. The van der Waals surface area contributed by atoms with Crippen LogP contribution in [0.2, 0.25) is 0 Å². The molecule has 148 valence electrons. The molecule has 0 bridgehead atoms. The van der Waals surface area contributed by atoms with Crippen LogP contribution in [0, 0.1) is 0 Å². The summed E-state index contributed by atoms with van der Waals surface area (Å²) in [6.07, 6.45) is 0.574. The second-order valence-electron chi connectivity index (χ2n) is 6.69. The Labute approximate surface area is 164 Å². The molecule has 0 aliphatic carbocycles. The van der Waals surface area contributed by atoms with Gasteiger partial charge in [0.25, 0.3) is 0 Å². The Morgan fingerprint density at radius 2 is 1.64 bits per heavy atom. The Bertz CT molecular complexity index is 947. The summed E-state index contributed by atoms with van der Waals surface area (Å²) in [7, 11) is -4.06. The van der Waals surface area contributed by atoms with Crippen molar-refractivity contribution in [3.8, 4) is 0 Å². The van der Waals surface area contributed by atoms with Crippen molar-refractivity contribution in [1.29, 1.82) is 0 Å². The zero-order valence-corrected chi connectivity index (χ0v) is 16.2. The van der Waals surface area contributed by atoms with E-state index in [9.17, 15) is 23.1 Å². The molecule has 8 heteroatoms.